The van der Waals surface area contributed by atoms with Crippen molar-refractivity contribution in [1.29, 1.82) is 0 Å². The number of ether oxygens (including phenoxy) is 1. The van der Waals surface area contributed by atoms with Crippen molar-refractivity contribution in [1.82, 2.24) is 20.2 Å². The summed E-state index contributed by atoms with van der Waals surface area (Å²) in [6.45, 7) is 3.61. The van der Waals surface area contributed by atoms with Gasteiger partial charge in [0.15, 0.2) is 5.82 Å². The van der Waals surface area contributed by atoms with Crippen LogP contribution in [0.5, 0.6) is 11.8 Å². The molecule has 0 spiro atoms. The highest BCUT2D eigenvalue weighted by Gasteiger charge is 2.39. The third-order valence-corrected chi connectivity index (χ3v) is 9.82. The first-order valence-corrected chi connectivity index (χ1v) is 16.0. The number of hydrogen-bond donors (Lipinski definition) is 2. The van der Waals surface area contributed by atoms with Crippen molar-refractivity contribution in [3.8, 4) is 23.1 Å². The van der Waals surface area contributed by atoms with Gasteiger partial charge in [-0.3, -0.25) is 9.69 Å². The Morgan fingerprint density at radius 2 is 1.91 bits per heavy atom. The highest BCUT2D eigenvalue weighted by molar-refractivity contribution is 6.01. The smallest absolute Gasteiger partial charge is 0.349 e. The first-order chi connectivity index (χ1) is 22.2. The van der Waals surface area contributed by atoms with E-state index in [9.17, 15) is 23.5 Å². The Morgan fingerprint density at radius 1 is 1.09 bits per heavy atom. The largest absolute Gasteiger partial charge is 0.508 e. The zero-order valence-electron chi connectivity index (χ0n) is 25.9. The molecule has 1 aliphatic carbocycles. The summed E-state index contributed by atoms with van der Waals surface area (Å²) in [6, 6.07) is 7.90. The number of nitrogens with one attached hydrogen (secondary N) is 1. The molecule has 0 bridgehead atoms. The molecule has 4 aromatic rings. The molecule has 1 saturated carbocycles. The molecule has 1 amide bonds. The molecular formula is C34H37F2N5O5. The van der Waals surface area contributed by atoms with Gasteiger partial charge >= 0.3 is 11.6 Å². The van der Waals surface area contributed by atoms with Crippen LogP contribution in [-0.4, -0.2) is 76.9 Å². The quantitative estimate of drug-likeness (QED) is 0.321. The molecule has 10 nitrogen and oxygen atoms in total. The molecule has 0 radical (unpaired) electrons. The van der Waals surface area contributed by atoms with E-state index in [1.54, 1.807) is 19.1 Å². The van der Waals surface area contributed by atoms with Crippen LogP contribution in [0.25, 0.3) is 33.0 Å². The van der Waals surface area contributed by atoms with Gasteiger partial charge in [-0.15, -0.1) is 0 Å². The van der Waals surface area contributed by atoms with Crippen LogP contribution in [-0.2, 0) is 4.79 Å². The molecule has 2 aromatic carbocycles. The van der Waals surface area contributed by atoms with E-state index in [0.29, 0.717) is 23.5 Å². The van der Waals surface area contributed by atoms with Gasteiger partial charge in [0.05, 0.1) is 25.2 Å². The Morgan fingerprint density at radius 3 is 2.72 bits per heavy atom. The Bertz CT molecular complexity index is 1870. The maximum Gasteiger partial charge on any atom is 0.349 e. The minimum Gasteiger partial charge on any atom is -0.508 e. The predicted octanol–water partition coefficient (Wildman–Crippen LogP) is 5.00. The summed E-state index contributed by atoms with van der Waals surface area (Å²) in [5.41, 5.74) is 0.237. The topological polar surface area (TPSA) is 121 Å². The summed E-state index contributed by atoms with van der Waals surface area (Å²) < 4.78 is 38.7. The van der Waals surface area contributed by atoms with Crippen LogP contribution in [0.2, 0.25) is 0 Å². The second kappa shape index (κ2) is 12.1. The molecule has 3 saturated heterocycles. The molecule has 4 aliphatic rings. The standard InChI is InChI=1S/C27H25FN4O5.C7H12FN/c1-13-23-22(26(35)37-24(13)16-11-15(33)10-14-6-5-7-17(28)21(14)16)25(31-27(30-23)36-2)32-12-20(34)29-18-8-3-4-9-19(18)32;8-6-4-7-2-1-3-9(7)5-6/h5-7,10-11,18-19,33H,3-4,8-9,12H2,1-2H3,(H,29,34);6-7H,1-5H2. The molecule has 4 atom stereocenters. The number of phenols is 1. The number of carbonyl (C=O) groups excluding carboxylic acids is 1. The number of amides is 1. The van der Waals surface area contributed by atoms with Gasteiger partial charge in [0.1, 0.15) is 28.9 Å². The molecule has 4 fully saturated rings. The normalized spacial score (nSPS) is 24.3. The number of nitrogens with zero attached hydrogens (tertiary/aromatic N) is 4. The van der Waals surface area contributed by atoms with Gasteiger partial charge in [0, 0.05) is 35.1 Å². The zero-order chi connectivity index (χ0) is 32.1. The highest BCUT2D eigenvalue weighted by atomic mass is 19.1. The average Bonchev–Trinajstić information content (AvgIpc) is 3.62. The van der Waals surface area contributed by atoms with Crippen molar-refractivity contribution in [2.45, 2.75) is 76.2 Å². The van der Waals surface area contributed by atoms with E-state index in [1.807, 2.05) is 4.90 Å². The van der Waals surface area contributed by atoms with Crippen LogP contribution >= 0.6 is 0 Å². The fourth-order valence-electron chi connectivity index (χ4n) is 7.75. The molecule has 8 rings (SSSR count). The van der Waals surface area contributed by atoms with Crippen molar-refractivity contribution < 1.29 is 27.8 Å². The van der Waals surface area contributed by atoms with E-state index >= 15 is 0 Å². The number of hydrogen-bond acceptors (Lipinski definition) is 9. The van der Waals surface area contributed by atoms with Gasteiger partial charge in [0.2, 0.25) is 5.91 Å². The first-order valence-electron chi connectivity index (χ1n) is 16.0. The fourth-order valence-corrected chi connectivity index (χ4v) is 7.75. The SMILES string of the molecule is COc1nc(N2CC(=O)NC3CCCCC32)c2c(=O)oc(-c3cc(O)cc4cccc(F)c34)c(C)c2n1.FC1CC2CCCN2C1. The first kappa shape index (κ1) is 30.3. The minimum atomic E-state index is -0.723. The number of carbonyl (C=O) groups is 1. The molecular weight excluding hydrogens is 596 g/mol. The van der Waals surface area contributed by atoms with Gasteiger partial charge in [-0.1, -0.05) is 25.0 Å². The Kier molecular flexibility index (Phi) is 8.00. The molecule has 4 unspecified atom stereocenters. The summed E-state index contributed by atoms with van der Waals surface area (Å²) in [5.74, 6) is -0.392. The number of alkyl halides is 1. The molecule has 3 aliphatic heterocycles. The number of anilines is 1. The molecule has 46 heavy (non-hydrogen) atoms. The lowest BCUT2D eigenvalue weighted by Gasteiger charge is -2.44. The summed E-state index contributed by atoms with van der Waals surface area (Å²) >= 11 is 0. The number of phenolic OH excluding ortho intramolecular Hbond substituents is 1. The van der Waals surface area contributed by atoms with Gasteiger partial charge in [-0.2, -0.15) is 9.97 Å². The number of rotatable bonds is 3. The van der Waals surface area contributed by atoms with E-state index in [-0.39, 0.29) is 69.7 Å². The lowest BCUT2D eigenvalue weighted by molar-refractivity contribution is -0.122. The van der Waals surface area contributed by atoms with Crippen molar-refractivity contribution >= 4 is 33.4 Å². The fraction of sp³-hybridized carbons (Fsp3) is 0.471. The molecule has 2 N–H and O–H groups in total. The lowest BCUT2D eigenvalue weighted by Crippen LogP contribution is -2.62. The van der Waals surface area contributed by atoms with Crippen LogP contribution < -0.4 is 20.6 Å². The second-order valence-corrected chi connectivity index (χ2v) is 12.7. The number of benzene rings is 2. The second-order valence-electron chi connectivity index (χ2n) is 12.7. The van der Waals surface area contributed by atoms with Gasteiger partial charge < -0.3 is 24.5 Å². The van der Waals surface area contributed by atoms with Gasteiger partial charge in [-0.25, -0.2) is 13.6 Å². The van der Waals surface area contributed by atoms with Crippen molar-refractivity contribution in [2.24, 2.45) is 0 Å². The van der Waals surface area contributed by atoms with Crippen LogP contribution in [0.15, 0.2) is 39.5 Å². The minimum absolute atomic E-state index is 0.0299. The maximum atomic E-state index is 14.9. The maximum absolute atomic E-state index is 14.9. The molecule has 12 heteroatoms. The third kappa shape index (κ3) is 5.42. The summed E-state index contributed by atoms with van der Waals surface area (Å²) in [5, 5.41) is 14.2. The number of piperazine rings is 1. The average molecular weight is 634 g/mol. The number of aryl methyl sites for hydroxylation is 1. The van der Waals surface area contributed by atoms with E-state index < -0.39 is 17.6 Å². The van der Waals surface area contributed by atoms with Gasteiger partial charge in [0.25, 0.3) is 0 Å². The number of halogens is 2. The summed E-state index contributed by atoms with van der Waals surface area (Å²) in [4.78, 5) is 39.3. The lowest BCUT2D eigenvalue weighted by atomic mass is 9.87. The Hall–Kier alpha value is -4.32. The van der Waals surface area contributed by atoms with Crippen molar-refractivity contribution in [3.63, 3.8) is 0 Å². The van der Waals surface area contributed by atoms with Crippen molar-refractivity contribution in [2.75, 3.05) is 31.6 Å². The third-order valence-electron chi connectivity index (χ3n) is 9.82. The number of aromatic hydroxyl groups is 1. The number of methoxy groups -OCH3 is 1. The van der Waals surface area contributed by atoms with Crippen LogP contribution in [0.1, 0.15) is 50.5 Å². The Labute approximate surface area is 264 Å². The van der Waals surface area contributed by atoms with Gasteiger partial charge in [-0.05, 0) is 69.2 Å². The predicted molar refractivity (Wildman–Crippen MR) is 170 cm³/mol. The monoisotopic (exact) mass is 633 g/mol. The number of aromatic nitrogens is 2. The Balaban J connectivity index is 0.000000321. The summed E-state index contributed by atoms with van der Waals surface area (Å²) in [7, 11) is 1.43. The highest BCUT2D eigenvalue weighted by Crippen LogP contribution is 2.39. The van der Waals surface area contributed by atoms with Crippen LogP contribution in [0, 0.1) is 12.7 Å². The molecule has 242 valence electrons. The van der Waals surface area contributed by atoms with Crippen LogP contribution in [0.3, 0.4) is 0 Å². The molecule has 2 aromatic heterocycles. The van der Waals surface area contributed by atoms with Crippen LogP contribution in [0.4, 0.5) is 14.6 Å². The van der Waals surface area contributed by atoms with E-state index in [1.165, 1.54) is 38.2 Å². The zero-order valence-corrected chi connectivity index (χ0v) is 25.9. The summed E-state index contributed by atoms with van der Waals surface area (Å²) in [6.07, 6.45) is 6.52. The van der Waals surface area contributed by atoms with E-state index in [0.717, 1.165) is 38.6 Å². The van der Waals surface area contributed by atoms with E-state index in [4.69, 9.17) is 9.15 Å². The molecule has 5 heterocycles. The van der Waals surface area contributed by atoms with Crippen molar-refractivity contribution in [3.05, 3.63) is 52.1 Å². The number of fused-ring (bicyclic) bond motifs is 4. The van der Waals surface area contributed by atoms with E-state index in [2.05, 4.69) is 20.2 Å².